The summed E-state index contributed by atoms with van der Waals surface area (Å²) in [6.45, 7) is 0.473. The van der Waals surface area contributed by atoms with Gasteiger partial charge in [0.25, 0.3) is 0 Å². The van der Waals surface area contributed by atoms with E-state index >= 15 is 0 Å². The maximum absolute atomic E-state index is 13.3. The Morgan fingerprint density at radius 3 is 2.16 bits per heavy atom. The van der Waals surface area contributed by atoms with Crippen LogP contribution in [0.2, 0.25) is 0 Å². The summed E-state index contributed by atoms with van der Waals surface area (Å²) in [6, 6.07) is 0. The predicted octanol–water partition coefficient (Wildman–Crippen LogP) is 4.32. The van der Waals surface area contributed by atoms with Crippen LogP contribution in [0.5, 0.6) is 0 Å². The van der Waals surface area contributed by atoms with E-state index in [1.54, 1.807) is 0 Å². The summed E-state index contributed by atoms with van der Waals surface area (Å²) in [4.78, 5) is 25.4. The molecule has 9 rings (SSSR count). The first-order chi connectivity index (χ1) is 15.2. The van der Waals surface area contributed by atoms with Crippen molar-refractivity contribution in [2.75, 3.05) is 12.4 Å². The zero-order valence-electron chi connectivity index (χ0n) is 18.6. The lowest BCUT2D eigenvalue weighted by molar-refractivity contribution is -0.196. The molecule has 0 radical (unpaired) electrons. The molecule has 1 spiro atoms. The van der Waals surface area contributed by atoms with Crippen LogP contribution in [0.4, 0.5) is 0 Å². The molecule has 5 unspecified atom stereocenters. The smallest absolute Gasteiger partial charge is 0.312 e. The van der Waals surface area contributed by atoms with Crippen LogP contribution >= 0.6 is 23.5 Å². The second-order valence-electron chi connectivity index (χ2n) is 12.8. The molecule has 8 aliphatic carbocycles. The van der Waals surface area contributed by atoms with E-state index in [4.69, 9.17) is 4.74 Å². The van der Waals surface area contributed by atoms with Gasteiger partial charge in [-0.05, 0) is 100 Å². The van der Waals surface area contributed by atoms with Crippen LogP contribution in [0.15, 0.2) is 0 Å². The van der Waals surface area contributed by atoms with E-state index in [1.165, 1.54) is 19.3 Å². The highest BCUT2D eigenvalue weighted by Crippen LogP contribution is 2.73. The maximum Gasteiger partial charge on any atom is 0.312 e. The second kappa shape index (κ2) is 6.63. The van der Waals surface area contributed by atoms with Crippen molar-refractivity contribution in [3.8, 4) is 0 Å². The Kier molecular flexibility index (Phi) is 4.34. The lowest BCUT2D eigenvalue weighted by Gasteiger charge is -2.62. The number of carbonyl (C=O) groups is 2. The SMILES string of the molecule is O=C(O)C12CC3CC(C1)C1(SCC(COC(=O)C45CC6CC(CC(O)(C6)C4)C5)S1)C(C3)C2. The van der Waals surface area contributed by atoms with Crippen LogP contribution in [0.25, 0.3) is 0 Å². The van der Waals surface area contributed by atoms with Gasteiger partial charge in [0, 0.05) is 11.0 Å². The molecule has 1 heterocycles. The molecule has 0 aromatic carbocycles. The van der Waals surface area contributed by atoms with Gasteiger partial charge in [0.2, 0.25) is 0 Å². The Hall–Kier alpha value is -0.400. The van der Waals surface area contributed by atoms with E-state index in [1.807, 2.05) is 23.5 Å². The van der Waals surface area contributed by atoms with Gasteiger partial charge in [0.15, 0.2) is 0 Å². The number of ether oxygens (including phenoxy) is 1. The molecule has 0 amide bonds. The summed E-state index contributed by atoms with van der Waals surface area (Å²) in [5, 5.41) is 21.2. The summed E-state index contributed by atoms with van der Waals surface area (Å²) >= 11 is 4.07. The Labute approximate surface area is 198 Å². The number of esters is 1. The minimum absolute atomic E-state index is 0.0495. The fourth-order valence-electron chi connectivity index (χ4n) is 10.0. The van der Waals surface area contributed by atoms with Gasteiger partial charge in [0.05, 0.1) is 20.5 Å². The summed E-state index contributed by atoms with van der Waals surface area (Å²) in [7, 11) is 0. The molecule has 1 aliphatic heterocycles. The van der Waals surface area contributed by atoms with E-state index in [9.17, 15) is 19.8 Å². The predicted molar refractivity (Wildman–Crippen MR) is 123 cm³/mol. The summed E-state index contributed by atoms with van der Waals surface area (Å²) in [6.07, 6.45) is 10.3. The topological polar surface area (TPSA) is 83.8 Å². The lowest BCUT2D eigenvalue weighted by atomic mass is 9.48. The minimum Gasteiger partial charge on any atom is -0.481 e. The quantitative estimate of drug-likeness (QED) is 0.582. The normalized spacial score (nSPS) is 56.8. The zero-order chi connectivity index (χ0) is 21.9. The number of carboxylic acids is 1. The molecule has 5 nitrogen and oxygen atoms in total. The molecule has 7 heteroatoms. The van der Waals surface area contributed by atoms with Crippen molar-refractivity contribution in [2.45, 2.75) is 85.6 Å². The van der Waals surface area contributed by atoms with E-state index < -0.39 is 22.4 Å². The van der Waals surface area contributed by atoms with Gasteiger partial charge in [-0.2, -0.15) is 0 Å². The van der Waals surface area contributed by atoms with E-state index in [0.29, 0.717) is 47.9 Å². The number of thioether (sulfide) groups is 2. The Morgan fingerprint density at radius 1 is 0.875 bits per heavy atom. The molecule has 0 aromatic rings. The van der Waals surface area contributed by atoms with Gasteiger partial charge < -0.3 is 14.9 Å². The maximum atomic E-state index is 13.3. The number of hydrogen-bond acceptors (Lipinski definition) is 6. The number of aliphatic carboxylic acids is 1. The first-order valence-corrected chi connectivity index (χ1v) is 14.5. The first kappa shape index (κ1) is 20.9. The van der Waals surface area contributed by atoms with E-state index in [0.717, 1.165) is 50.7 Å². The number of carboxylic acid groups (broad SMARTS) is 1. The molecule has 9 aliphatic rings. The van der Waals surface area contributed by atoms with Crippen molar-refractivity contribution >= 4 is 35.5 Å². The second-order valence-corrected chi connectivity index (χ2v) is 15.9. The van der Waals surface area contributed by atoms with E-state index in [-0.39, 0.29) is 10.0 Å². The van der Waals surface area contributed by atoms with Crippen molar-refractivity contribution in [1.82, 2.24) is 0 Å². The lowest BCUT2D eigenvalue weighted by Crippen LogP contribution is -2.59. The van der Waals surface area contributed by atoms with Gasteiger partial charge in [-0.1, -0.05) is 0 Å². The molecular formula is C25H34O5S2. The third-order valence-corrected chi connectivity index (χ3v) is 14.7. The third kappa shape index (κ3) is 2.82. The number of hydrogen-bond donors (Lipinski definition) is 2. The first-order valence-electron chi connectivity index (χ1n) is 12.7. The van der Waals surface area contributed by atoms with Crippen LogP contribution in [0.1, 0.15) is 70.6 Å². The molecule has 1 saturated heterocycles. The van der Waals surface area contributed by atoms with E-state index in [2.05, 4.69) is 0 Å². The molecule has 2 N–H and O–H groups in total. The van der Waals surface area contributed by atoms with Gasteiger partial charge in [0.1, 0.15) is 6.61 Å². The molecule has 0 aromatic heterocycles. The molecule has 9 fully saturated rings. The van der Waals surface area contributed by atoms with Crippen molar-refractivity contribution in [3.05, 3.63) is 0 Å². The summed E-state index contributed by atoms with van der Waals surface area (Å²) in [5.74, 6) is 2.92. The van der Waals surface area contributed by atoms with Crippen molar-refractivity contribution < 1.29 is 24.5 Å². The van der Waals surface area contributed by atoms with Crippen molar-refractivity contribution in [2.24, 2.45) is 40.4 Å². The zero-order valence-corrected chi connectivity index (χ0v) is 20.2. The molecule has 8 saturated carbocycles. The highest BCUT2D eigenvalue weighted by atomic mass is 32.2. The number of carbonyl (C=O) groups excluding carboxylic acids is 1. The summed E-state index contributed by atoms with van der Waals surface area (Å²) in [5.41, 5.74) is -1.54. The molecular weight excluding hydrogens is 444 g/mol. The van der Waals surface area contributed by atoms with Crippen LogP contribution < -0.4 is 0 Å². The molecule has 5 atom stereocenters. The van der Waals surface area contributed by atoms with Crippen LogP contribution in [-0.4, -0.2) is 49.4 Å². The number of aliphatic hydroxyl groups is 1. The average molecular weight is 479 g/mol. The monoisotopic (exact) mass is 478 g/mol. The Balaban J connectivity index is 1.03. The Bertz CT molecular complexity index is 842. The molecule has 32 heavy (non-hydrogen) atoms. The highest BCUT2D eigenvalue weighted by molar-refractivity contribution is 8.21. The third-order valence-electron chi connectivity index (χ3n) is 10.5. The molecule has 176 valence electrons. The van der Waals surface area contributed by atoms with Gasteiger partial charge >= 0.3 is 11.9 Å². The van der Waals surface area contributed by atoms with Crippen molar-refractivity contribution in [1.29, 1.82) is 0 Å². The largest absolute Gasteiger partial charge is 0.481 e. The van der Waals surface area contributed by atoms with Crippen LogP contribution in [0, 0.1) is 40.4 Å². The van der Waals surface area contributed by atoms with Crippen LogP contribution in [0.3, 0.4) is 0 Å². The number of rotatable bonds is 4. The standard InChI is InChI=1S/C25H34O5S2/c26-20(27)22-4-14-2-17(9-22)25(18(3-14)10-22)31-12-19(32-25)11-30-21(28)23-5-15-1-16(6-23)8-24(29,7-15)13-23/h14-19,29H,1-13H2,(H,26,27). The average Bonchev–Trinajstić information content (AvgIpc) is 3.13. The minimum atomic E-state index is -0.633. The fraction of sp³-hybridized carbons (Fsp3) is 0.920. The Morgan fingerprint density at radius 2 is 1.53 bits per heavy atom. The summed E-state index contributed by atoms with van der Waals surface area (Å²) < 4.78 is 6.16. The van der Waals surface area contributed by atoms with Gasteiger partial charge in [-0.15, -0.1) is 23.5 Å². The molecule has 8 bridgehead atoms. The van der Waals surface area contributed by atoms with Crippen LogP contribution in [-0.2, 0) is 14.3 Å². The fourth-order valence-corrected chi connectivity index (χ4v) is 14.2. The highest BCUT2D eigenvalue weighted by Gasteiger charge is 2.67. The van der Waals surface area contributed by atoms with Gasteiger partial charge in [-0.25, -0.2) is 0 Å². The van der Waals surface area contributed by atoms with Crippen molar-refractivity contribution in [3.63, 3.8) is 0 Å². The van der Waals surface area contributed by atoms with Gasteiger partial charge in [-0.3, -0.25) is 9.59 Å².